The zero-order chi connectivity index (χ0) is 18.4. The first-order valence-corrected chi connectivity index (χ1v) is 8.18. The lowest BCUT2D eigenvalue weighted by Crippen LogP contribution is -2.05. The Bertz CT molecular complexity index is 1200. The number of hydrogen-bond acceptors (Lipinski definition) is 3. The fourth-order valence-corrected chi connectivity index (χ4v) is 3.26. The molecule has 5 nitrogen and oxygen atoms in total. The maximum absolute atomic E-state index is 13.2. The lowest BCUT2D eigenvalue weighted by Gasteiger charge is -2.07. The zero-order valence-corrected chi connectivity index (χ0v) is 14.4. The molecule has 0 atom stereocenters. The number of rotatable bonds is 2. The SMILES string of the molecule is Cn1nc2[nH]c(-c3ccccc3Cl)c(O)c(=O)c2c1-c1ccc(F)cc1. The van der Waals surface area contributed by atoms with Gasteiger partial charge in [0.1, 0.15) is 5.82 Å². The van der Waals surface area contributed by atoms with Gasteiger partial charge in [-0.25, -0.2) is 4.39 Å². The van der Waals surface area contributed by atoms with E-state index in [0.29, 0.717) is 27.5 Å². The molecule has 2 aromatic heterocycles. The molecule has 130 valence electrons. The highest BCUT2D eigenvalue weighted by Gasteiger charge is 2.21. The molecule has 0 bridgehead atoms. The molecular weight excluding hydrogens is 357 g/mol. The van der Waals surface area contributed by atoms with Gasteiger partial charge in [0.05, 0.1) is 21.8 Å². The van der Waals surface area contributed by atoms with E-state index < -0.39 is 11.2 Å². The molecule has 26 heavy (non-hydrogen) atoms. The van der Waals surface area contributed by atoms with Crippen molar-refractivity contribution in [1.82, 2.24) is 14.8 Å². The third kappa shape index (κ3) is 2.46. The Hall–Kier alpha value is -3.12. The number of fused-ring (bicyclic) bond motifs is 1. The topological polar surface area (TPSA) is 70.9 Å². The van der Waals surface area contributed by atoms with Crippen molar-refractivity contribution in [3.8, 4) is 28.3 Å². The molecule has 4 rings (SSSR count). The molecule has 0 saturated carbocycles. The van der Waals surface area contributed by atoms with E-state index in [1.165, 1.54) is 16.8 Å². The van der Waals surface area contributed by atoms with Gasteiger partial charge in [-0.05, 0) is 30.3 Å². The molecule has 0 amide bonds. The molecule has 2 N–H and O–H groups in total. The third-order valence-electron chi connectivity index (χ3n) is 4.23. The van der Waals surface area contributed by atoms with E-state index in [1.807, 2.05) is 0 Å². The van der Waals surface area contributed by atoms with Gasteiger partial charge in [0.2, 0.25) is 5.43 Å². The first kappa shape index (κ1) is 16.4. The predicted molar refractivity (Wildman–Crippen MR) is 98.8 cm³/mol. The van der Waals surface area contributed by atoms with Crippen molar-refractivity contribution in [1.29, 1.82) is 0 Å². The summed E-state index contributed by atoms with van der Waals surface area (Å²) in [6.45, 7) is 0. The molecule has 2 heterocycles. The fraction of sp³-hybridized carbons (Fsp3) is 0.0526. The molecule has 0 spiro atoms. The average Bonchev–Trinajstić information content (AvgIpc) is 2.96. The number of benzene rings is 2. The number of aromatic nitrogens is 3. The van der Waals surface area contributed by atoms with Crippen molar-refractivity contribution in [2.45, 2.75) is 0 Å². The molecule has 0 aliphatic heterocycles. The summed E-state index contributed by atoms with van der Waals surface area (Å²) in [6, 6.07) is 12.6. The van der Waals surface area contributed by atoms with Crippen LogP contribution in [0.15, 0.2) is 53.3 Å². The highest BCUT2D eigenvalue weighted by Crippen LogP contribution is 2.34. The summed E-state index contributed by atoms with van der Waals surface area (Å²) in [4.78, 5) is 15.9. The van der Waals surface area contributed by atoms with Gasteiger partial charge in [0.25, 0.3) is 0 Å². The predicted octanol–water partition coefficient (Wildman–Crippen LogP) is 4.09. The van der Waals surface area contributed by atoms with Crippen molar-refractivity contribution in [3.05, 3.63) is 69.6 Å². The average molecular weight is 370 g/mol. The minimum atomic E-state index is -0.568. The number of nitrogens with zero attached hydrogens (tertiary/aromatic N) is 2. The first-order valence-electron chi connectivity index (χ1n) is 7.80. The second-order valence-corrected chi connectivity index (χ2v) is 6.27. The maximum Gasteiger partial charge on any atom is 0.235 e. The van der Waals surface area contributed by atoms with Gasteiger partial charge in [0, 0.05) is 18.2 Å². The summed E-state index contributed by atoms with van der Waals surface area (Å²) >= 11 is 6.19. The molecule has 7 heteroatoms. The highest BCUT2D eigenvalue weighted by molar-refractivity contribution is 6.33. The molecule has 4 aromatic rings. The Morgan fingerprint density at radius 1 is 1.15 bits per heavy atom. The highest BCUT2D eigenvalue weighted by atomic mass is 35.5. The Labute approximate surface area is 152 Å². The number of hydrogen-bond donors (Lipinski definition) is 2. The lowest BCUT2D eigenvalue weighted by atomic mass is 10.1. The minimum absolute atomic E-state index is 0.205. The van der Waals surface area contributed by atoms with Gasteiger partial charge in [-0.15, -0.1) is 0 Å². The van der Waals surface area contributed by atoms with E-state index >= 15 is 0 Å². The number of aromatic hydroxyl groups is 1. The van der Waals surface area contributed by atoms with Crippen LogP contribution in [0.3, 0.4) is 0 Å². The number of aryl methyl sites for hydroxylation is 1. The van der Waals surface area contributed by atoms with Crippen LogP contribution in [0.5, 0.6) is 5.75 Å². The van der Waals surface area contributed by atoms with E-state index in [9.17, 15) is 14.3 Å². The Balaban J connectivity index is 2.04. The smallest absolute Gasteiger partial charge is 0.235 e. The third-order valence-corrected chi connectivity index (χ3v) is 4.56. The Morgan fingerprint density at radius 2 is 1.85 bits per heavy atom. The molecule has 0 radical (unpaired) electrons. The first-order chi connectivity index (χ1) is 12.5. The fourth-order valence-electron chi connectivity index (χ4n) is 3.03. The van der Waals surface area contributed by atoms with Crippen LogP contribution < -0.4 is 5.43 Å². The number of nitrogens with one attached hydrogen (secondary N) is 1. The van der Waals surface area contributed by atoms with Gasteiger partial charge in [-0.3, -0.25) is 9.48 Å². The second kappa shape index (κ2) is 6.00. The quantitative estimate of drug-likeness (QED) is 0.559. The number of H-pyrrole nitrogens is 1. The summed E-state index contributed by atoms with van der Waals surface area (Å²) in [5, 5.41) is 15.5. The molecule has 2 aromatic carbocycles. The summed E-state index contributed by atoms with van der Waals surface area (Å²) < 4.78 is 14.7. The van der Waals surface area contributed by atoms with Crippen LogP contribution in [-0.2, 0) is 7.05 Å². The zero-order valence-electron chi connectivity index (χ0n) is 13.6. The summed E-state index contributed by atoms with van der Waals surface area (Å²) in [7, 11) is 1.68. The molecule has 0 saturated heterocycles. The molecule has 0 aliphatic rings. The van der Waals surface area contributed by atoms with Crippen LogP contribution in [0.4, 0.5) is 4.39 Å². The van der Waals surface area contributed by atoms with Crippen molar-refractivity contribution >= 4 is 22.6 Å². The molecule has 0 fully saturated rings. The Kier molecular flexibility index (Phi) is 3.77. The monoisotopic (exact) mass is 369 g/mol. The number of pyridine rings is 1. The van der Waals surface area contributed by atoms with Crippen molar-refractivity contribution in [2.24, 2.45) is 7.05 Å². The Morgan fingerprint density at radius 3 is 2.54 bits per heavy atom. The van der Waals surface area contributed by atoms with E-state index in [-0.39, 0.29) is 16.9 Å². The van der Waals surface area contributed by atoms with Crippen LogP contribution in [0, 0.1) is 5.82 Å². The van der Waals surface area contributed by atoms with Crippen molar-refractivity contribution in [3.63, 3.8) is 0 Å². The minimum Gasteiger partial charge on any atom is -0.503 e. The normalized spacial score (nSPS) is 11.2. The van der Waals surface area contributed by atoms with Gasteiger partial charge in [0.15, 0.2) is 11.4 Å². The van der Waals surface area contributed by atoms with Gasteiger partial charge < -0.3 is 10.1 Å². The van der Waals surface area contributed by atoms with Gasteiger partial charge in [-0.2, -0.15) is 5.10 Å². The van der Waals surface area contributed by atoms with Crippen LogP contribution in [0.25, 0.3) is 33.5 Å². The van der Waals surface area contributed by atoms with Crippen molar-refractivity contribution in [2.75, 3.05) is 0 Å². The van der Waals surface area contributed by atoms with E-state index in [1.54, 1.807) is 43.4 Å². The van der Waals surface area contributed by atoms with Gasteiger partial charge >= 0.3 is 0 Å². The molecule has 0 unspecified atom stereocenters. The molecule has 0 aliphatic carbocycles. The summed E-state index contributed by atoms with van der Waals surface area (Å²) in [5.41, 5.74) is 1.55. The van der Waals surface area contributed by atoms with Crippen LogP contribution in [-0.4, -0.2) is 19.9 Å². The maximum atomic E-state index is 13.2. The van der Waals surface area contributed by atoms with Gasteiger partial charge in [-0.1, -0.05) is 29.8 Å². The number of aromatic amines is 1. The van der Waals surface area contributed by atoms with E-state index in [0.717, 1.165) is 0 Å². The largest absolute Gasteiger partial charge is 0.503 e. The summed E-state index contributed by atoms with van der Waals surface area (Å²) in [6.07, 6.45) is 0. The van der Waals surface area contributed by atoms with E-state index in [2.05, 4.69) is 10.1 Å². The second-order valence-electron chi connectivity index (χ2n) is 5.86. The van der Waals surface area contributed by atoms with Crippen molar-refractivity contribution < 1.29 is 9.50 Å². The van der Waals surface area contributed by atoms with Crippen LogP contribution >= 0.6 is 11.6 Å². The van der Waals surface area contributed by atoms with Crippen LogP contribution in [0.2, 0.25) is 5.02 Å². The van der Waals surface area contributed by atoms with Crippen LogP contribution in [0.1, 0.15) is 0 Å². The summed E-state index contributed by atoms with van der Waals surface area (Å²) in [5.74, 6) is -0.819. The number of halogens is 2. The standard InChI is InChI=1S/C19H13ClFN3O2/c1-24-16(10-6-8-11(21)9-7-10)14-17(25)18(26)15(22-19(14)23-24)12-4-2-3-5-13(12)20/h2-9,26H,1H3,(H,22,23). The van der Waals surface area contributed by atoms with E-state index in [4.69, 9.17) is 11.6 Å². The lowest BCUT2D eigenvalue weighted by molar-refractivity contribution is 0.471. The molecular formula is C19H13ClFN3O2.